The number of esters is 1. The Hall–Kier alpha value is -2.20. The number of carbonyl (C=O) groups excluding carboxylic acids is 1. The first-order valence-corrected chi connectivity index (χ1v) is 8.68. The molecular formula is C20H23ClO4. The molecule has 1 atom stereocenters. The van der Waals surface area contributed by atoms with Crippen molar-refractivity contribution in [3.05, 3.63) is 59.1 Å². The lowest BCUT2D eigenvalue weighted by molar-refractivity contribution is -0.160. The molecule has 25 heavy (non-hydrogen) atoms. The number of benzene rings is 2. The zero-order valence-electron chi connectivity index (χ0n) is 14.8. The third kappa shape index (κ3) is 5.40. The van der Waals surface area contributed by atoms with E-state index < -0.39 is 5.60 Å². The molecule has 0 aliphatic rings. The van der Waals surface area contributed by atoms with Crippen LogP contribution in [0.4, 0.5) is 0 Å². The number of halogens is 1. The highest BCUT2D eigenvalue weighted by molar-refractivity contribution is 6.30. The van der Waals surface area contributed by atoms with Gasteiger partial charge in [0, 0.05) is 5.02 Å². The zero-order chi connectivity index (χ0) is 18.3. The van der Waals surface area contributed by atoms with Crippen LogP contribution in [0.3, 0.4) is 0 Å². The number of hydrogen-bond donors (Lipinski definition) is 0. The molecule has 0 spiro atoms. The lowest BCUT2D eigenvalue weighted by atomic mass is 10.0. The van der Waals surface area contributed by atoms with E-state index in [9.17, 15) is 4.79 Å². The van der Waals surface area contributed by atoms with Crippen molar-refractivity contribution in [2.24, 2.45) is 0 Å². The Morgan fingerprint density at radius 3 is 2.16 bits per heavy atom. The van der Waals surface area contributed by atoms with Crippen molar-refractivity contribution < 1.29 is 19.0 Å². The lowest BCUT2D eigenvalue weighted by Gasteiger charge is -2.27. The summed E-state index contributed by atoms with van der Waals surface area (Å²) in [6, 6.07) is 14.7. The summed E-state index contributed by atoms with van der Waals surface area (Å²) < 4.78 is 16.7. The highest BCUT2D eigenvalue weighted by Crippen LogP contribution is 2.25. The number of carbonyl (C=O) groups is 1. The monoisotopic (exact) mass is 362 g/mol. The Morgan fingerprint density at radius 2 is 1.60 bits per heavy atom. The topological polar surface area (TPSA) is 44.8 Å². The Balaban J connectivity index is 1.96. The van der Waals surface area contributed by atoms with Crippen molar-refractivity contribution in [3.8, 4) is 11.5 Å². The molecule has 5 heteroatoms. The number of ether oxygens (including phenoxy) is 3. The van der Waals surface area contributed by atoms with Gasteiger partial charge in [0.25, 0.3) is 0 Å². The first kappa shape index (κ1) is 19.1. The first-order chi connectivity index (χ1) is 12.0. The van der Waals surface area contributed by atoms with E-state index in [0.717, 1.165) is 11.3 Å². The van der Waals surface area contributed by atoms with Crippen LogP contribution in [-0.4, -0.2) is 18.2 Å². The van der Waals surface area contributed by atoms with E-state index in [4.69, 9.17) is 25.8 Å². The van der Waals surface area contributed by atoms with Gasteiger partial charge in [-0.1, -0.05) is 30.7 Å². The second-order valence-electron chi connectivity index (χ2n) is 5.79. The summed E-state index contributed by atoms with van der Waals surface area (Å²) in [5.74, 6) is 0.952. The predicted octanol–water partition coefficient (Wildman–Crippen LogP) is 5.03. The van der Waals surface area contributed by atoms with Crippen LogP contribution in [0.25, 0.3) is 0 Å². The summed E-state index contributed by atoms with van der Waals surface area (Å²) in [6.45, 7) is 6.18. The molecule has 0 saturated heterocycles. The van der Waals surface area contributed by atoms with E-state index in [1.807, 2.05) is 43.3 Å². The molecule has 4 nitrogen and oxygen atoms in total. The van der Waals surface area contributed by atoms with Gasteiger partial charge in [-0.3, -0.25) is 0 Å². The lowest BCUT2D eigenvalue weighted by Crippen LogP contribution is -2.42. The van der Waals surface area contributed by atoms with Gasteiger partial charge in [0.05, 0.1) is 6.61 Å². The van der Waals surface area contributed by atoms with Crippen molar-refractivity contribution in [2.75, 3.05) is 6.61 Å². The molecule has 0 aliphatic heterocycles. The molecule has 0 saturated carbocycles. The minimum atomic E-state index is -0.998. The van der Waals surface area contributed by atoms with E-state index in [-0.39, 0.29) is 5.97 Å². The standard InChI is InChI=1S/C20H23ClO4/c1-4-20(3,19(22)23-5-2)25-18-12-10-17(11-13-18)24-14-15-6-8-16(21)9-7-15/h6-13H,4-5,14H2,1-3H3. The van der Waals surface area contributed by atoms with E-state index in [1.54, 1.807) is 26.0 Å². The second kappa shape index (κ2) is 8.77. The van der Waals surface area contributed by atoms with Crippen LogP contribution in [0.15, 0.2) is 48.5 Å². The van der Waals surface area contributed by atoms with Gasteiger partial charge in [-0.25, -0.2) is 4.79 Å². The maximum atomic E-state index is 12.1. The normalized spacial score (nSPS) is 13.0. The maximum absolute atomic E-state index is 12.1. The Labute approximate surface area is 153 Å². The molecule has 2 aromatic carbocycles. The Kier molecular flexibility index (Phi) is 6.71. The van der Waals surface area contributed by atoms with E-state index in [0.29, 0.717) is 30.4 Å². The maximum Gasteiger partial charge on any atom is 0.350 e. The Morgan fingerprint density at radius 1 is 1.00 bits per heavy atom. The minimum absolute atomic E-state index is 0.329. The molecule has 0 aliphatic carbocycles. The fourth-order valence-corrected chi connectivity index (χ4v) is 2.28. The first-order valence-electron chi connectivity index (χ1n) is 8.30. The van der Waals surface area contributed by atoms with Crippen LogP contribution in [0.5, 0.6) is 11.5 Å². The summed E-state index contributed by atoms with van der Waals surface area (Å²) in [7, 11) is 0. The summed E-state index contributed by atoms with van der Waals surface area (Å²) in [4.78, 5) is 12.1. The molecule has 2 aromatic rings. The average molecular weight is 363 g/mol. The van der Waals surface area contributed by atoms with E-state index in [1.165, 1.54) is 0 Å². The van der Waals surface area contributed by atoms with Gasteiger partial charge in [-0.05, 0) is 62.2 Å². The molecule has 0 N–H and O–H groups in total. The Bertz CT molecular complexity index is 682. The molecule has 2 rings (SSSR count). The molecule has 134 valence electrons. The molecule has 0 fully saturated rings. The van der Waals surface area contributed by atoms with Gasteiger partial charge >= 0.3 is 5.97 Å². The number of hydrogen-bond acceptors (Lipinski definition) is 4. The van der Waals surface area contributed by atoms with Crippen LogP contribution in [0.1, 0.15) is 32.8 Å². The molecule has 0 amide bonds. The third-order valence-electron chi connectivity index (χ3n) is 3.87. The van der Waals surface area contributed by atoms with Crippen molar-refractivity contribution in [1.29, 1.82) is 0 Å². The van der Waals surface area contributed by atoms with Crippen LogP contribution in [0, 0.1) is 0 Å². The summed E-state index contributed by atoms with van der Waals surface area (Å²) in [6.07, 6.45) is 0.515. The van der Waals surface area contributed by atoms with Crippen LogP contribution >= 0.6 is 11.6 Å². The molecule has 0 radical (unpaired) electrons. The predicted molar refractivity (Wildman–Crippen MR) is 98.2 cm³/mol. The van der Waals surface area contributed by atoms with Gasteiger partial charge < -0.3 is 14.2 Å². The summed E-state index contributed by atoms with van der Waals surface area (Å²) >= 11 is 5.87. The van der Waals surface area contributed by atoms with Crippen LogP contribution in [-0.2, 0) is 16.1 Å². The highest BCUT2D eigenvalue weighted by Gasteiger charge is 2.35. The SMILES string of the molecule is CCOC(=O)C(C)(CC)Oc1ccc(OCc2ccc(Cl)cc2)cc1. The van der Waals surface area contributed by atoms with Crippen molar-refractivity contribution >= 4 is 17.6 Å². The average Bonchev–Trinajstić information content (AvgIpc) is 2.62. The van der Waals surface area contributed by atoms with Gasteiger partial charge in [0.2, 0.25) is 5.60 Å². The largest absolute Gasteiger partial charge is 0.489 e. The van der Waals surface area contributed by atoms with E-state index >= 15 is 0 Å². The summed E-state index contributed by atoms with van der Waals surface area (Å²) in [5, 5.41) is 0.700. The number of rotatable bonds is 8. The van der Waals surface area contributed by atoms with Gasteiger partial charge in [-0.15, -0.1) is 0 Å². The minimum Gasteiger partial charge on any atom is -0.489 e. The quantitative estimate of drug-likeness (QED) is 0.618. The zero-order valence-corrected chi connectivity index (χ0v) is 15.5. The molecule has 0 aromatic heterocycles. The van der Waals surface area contributed by atoms with Gasteiger partial charge in [-0.2, -0.15) is 0 Å². The smallest absolute Gasteiger partial charge is 0.350 e. The molecule has 1 unspecified atom stereocenters. The van der Waals surface area contributed by atoms with Crippen molar-refractivity contribution in [2.45, 2.75) is 39.4 Å². The van der Waals surface area contributed by atoms with Crippen molar-refractivity contribution in [3.63, 3.8) is 0 Å². The van der Waals surface area contributed by atoms with E-state index in [2.05, 4.69) is 0 Å². The van der Waals surface area contributed by atoms with Gasteiger partial charge in [0.15, 0.2) is 0 Å². The molecule has 0 bridgehead atoms. The van der Waals surface area contributed by atoms with Crippen LogP contribution in [0.2, 0.25) is 5.02 Å². The highest BCUT2D eigenvalue weighted by atomic mass is 35.5. The fraction of sp³-hybridized carbons (Fsp3) is 0.350. The molecule has 0 heterocycles. The molecular weight excluding hydrogens is 340 g/mol. The summed E-state index contributed by atoms with van der Waals surface area (Å²) in [5.41, 5.74) is 0.0346. The third-order valence-corrected chi connectivity index (χ3v) is 4.12. The van der Waals surface area contributed by atoms with Crippen molar-refractivity contribution in [1.82, 2.24) is 0 Å². The second-order valence-corrected chi connectivity index (χ2v) is 6.23. The fourth-order valence-electron chi connectivity index (χ4n) is 2.15. The van der Waals surface area contributed by atoms with Gasteiger partial charge in [0.1, 0.15) is 18.1 Å². The van der Waals surface area contributed by atoms with Crippen LogP contribution < -0.4 is 9.47 Å².